The van der Waals surface area contributed by atoms with Gasteiger partial charge in [0.05, 0.1) is 17.7 Å². The Morgan fingerprint density at radius 3 is 2.26 bits per heavy atom. The van der Waals surface area contributed by atoms with Gasteiger partial charge in [0, 0.05) is 42.6 Å². The van der Waals surface area contributed by atoms with Crippen molar-refractivity contribution in [3.8, 4) is 29.0 Å². The lowest BCUT2D eigenvalue weighted by Crippen LogP contribution is -2.20. The van der Waals surface area contributed by atoms with Gasteiger partial charge in [-0.3, -0.25) is 14.6 Å². The van der Waals surface area contributed by atoms with E-state index in [0.717, 1.165) is 5.69 Å². The smallest absolute Gasteiger partial charge is 0.323 e. The lowest BCUT2D eigenvalue weighted by atomic mass is 10.2. The second-order valence-electron chi connectivity index (χ2n) is 8.18. The summed E-state index contributed by atoms with van der Waals surface area (Å²) in [5.74, 6) is 5.15. The first-order valence-electron chi connectivity index (χ1n) is 11.8. The Morgan fingerprint density at radius 1 is 0.872 bits per heavy atom. The molecule has 11 heteroatoms. The van der Waals surface area contributed by atoms with Crippen molar-refractivity contribution in [2.75, 3.05) is 23.0 Å². The average Bonchev–Trinajstić information content (AvgIpc) is 3.35. The topological polar surface area (TPSA) is 139 Å². The molecule has 0 fully saturated rings. The highest BCUT2D eigenvalue weighted by atomic mass is 16.5. The van der Waals surface area contributed by atoms with Crippen LogP contribution in [-0.2, 0) is 4.79 Å². The first kappa shape index (κ1) is 26.4. The number of hydrogen-bond donors (Lipinski definition) is 4. The number of pyridine rings is 1. The number of hydrogen-bond acceptors (Lipinski definition) is 6. The third-order valence-corrected chi connectivity index (χ3v) is 5.22. The summed E-state index contributed by atoms with van der Waals surface area (Å²) in [4.78, 5) is 44.8. The van der Waals surface area contributed by atoms with E-state index >= 15 is 0 Å². The number of amides is 4. The molecule has 4 aromatic rings. The fraction of sp³-hybridized carbons (Fsp3) is 0.107. The van der Waals surface area contributed by atoms with Gasteiger partial charge in [-0.05, 0) is 68.3 Å². The van der Waals surface area contributed by atoms with Crippen LogP contribution in [0.3, 0.4) is 0 Å². The Labute approximate surface area is 224 Å². The maximum atomic E-state index is 12.7. The average molecular weight is 524 g/mol. The number of aryl methyl sites for hydroxylation is 1. The van der Waals surface area contributed by atoms with Crippen LogP contribution >= 0.6 is 0 Å². The second kappa shape index (κ2) is 12.1. The number of rotatable bonds is 7. The second-order valence-corrected chi connectivity index (χ2v) is 8.18. The van der Waals surface area contributed by atoms with Crippen molar-refractivity contribution in [1.29, 1.82) is 0 Å². The van der Waals surface area contributed by atoms with Crippen LogP contribution in [0.5, 0.6) is 11.5 Å². The van der Waals surface area contributed by atoms with Gasteiger partial charge < -0.3 is 30.6 Å². The number of carbonyl (C=O) groups excluding carboxylic acids is 3. The van der Waals surface area contributed by atoms with Gasteiger partial charge >= 0.3 is 6.03 Å². The van der Waals surface area contributed by atoms with Crippen molar-refractivity contribution >= 4 is 34.9 Å². The van der Waals surface area contributed by atoms with E-state index in [-0.39, 0.29) is 11.6 Å². The third-order valence-electron chi connectivity index (χ3n) is 5.22. The number of imidazole rings is 1. The summed E-state index contributed by atoms with van der Waals surface area (Å²) in [6.45, 7) is 3.43. The standard InChI is InChI=1S/C28H25N7O4/c1-4-5-26(36)32-20-12-21(14-22(13-20)35-16-18(2)31-17-35)34-28(38)33-19-6-8-23(9-7-19)39-24-10-11-30-25(15-24)27(37)29-3/h6-17H,1-3H3,(H,29,37)(H,32,36)(H2,33,34,38). The number of nitrogens with one attached hydrogen (secondary N) is 4. The van der Waals surface area contributed by atoms with Crippen molar-refractivity contribution in [3.63, 3.8) is 0 Å². The molecule has 196 valence electrons. The summed E-state index contributed by atoms with van der Waals surface area (Å²) in [5, 5.41) is 10.8. The molecule has 0 aliphatic rings. The fourth-order valence-corrected chi connectivity index (χ4v) is 3.51. The van der Waals surface area contributed by atoms with E-state index in [9.17, 15) is 14.4 Å². The van der Waals surface area contributed by atoms with Gasteiger partial charge in [0.2, 0.25) is 0 Å². The van der Waals surface area contributed by atoms with Crippen LogP contribution in [0.2, 0.25) is 0 Å². The van der Waals surface area contributed by atoms with Crippen LogP contribution in [0.4, 0.5) is 21.9 Å². The molecular weight excluding hydrogens is 498 g/mol. The number of aromatic nitrogens is 3. The van der Waals surface area contributed by atoms with Crippen LogP contribution in [0.1, 0.15) is 23.1 Å². The number of anilines is 3. The molecule has 2 aromatic carbocycles. The summed E-state index contributed by atoms with van der Waals surface area (Å²) in [6.07, 6.45) is 4.95. The maximum Gasteiger partial charge on any atom is 0.323 e. The van der Waals surface area contributed by atoms with Gasteiger partial charge in [-0.25, -0.2) is 9.78 Å². The molecule has 0 unspecified atom stereocenters. The van der Waals surface area contributed by atoms with Crippen molar-refractivity contribution in [2.24, 2.45) is 0 Å². The van der Waals surface area contributed by atoms with Crippen LogP contribution < -0.4 is 26.0 Å². The molecular formula is C28H25N7O4. The van der Waals surface area contributed by atoms with Gasteiger partial charge in [0.15, 0.2) is 0 Å². The predicted molar refractivity (Wildman–Crippen MR) is 147 cm³/mol. The van der Waals surface area contributed by atoms with Gasteiger partial charge in [-0.1, -0.05) is 5.92 Å². The first-order chi connectivity index (χ1) is 18.8. The fourth-order valence-electron chi connectivity index (χ4n) is 3.51. The van der Waals surface area contributed by atoms with E-state index in [4.69, 9.17) is 4.74 Å². The summed E-state index contributed by atoms with van der Waals surface area (Å²) < 4.78 is 7.57. The molecule has 4 N–H and O–H groups in total. The van der Waals surface area contributed by atoms with Crippen molar-refractivity contribution in [2.45, 2.75) is 13.8 Å². The Morgan fingerprint density at radius 2 is 1.59 bits per heavy atom. The highest BCUT2D eigenvalue weighted by Gasteiger charge is 2.10. The van der Waals surface area contributed by atoms with Gasteiger partial charge in [0.25, 0.3) is 11.8 Å². The lowest BCUT2D eigenvalue weighted by Gasteiger charge is -2.13. The predicted octanol–water partition coefficient (Wildman–Crippen LogP) is 4.33. The Hall–Kier alpha value is -5.63. The highest BCUT2D eigenvalue weighted by molar-refractivity contribution is 6.05. The third kappa shape index (κ3) is 7.21. The van der Waals surface area contributed by atoms with E-state index < -0.39 is 11.9 Å². The summed E-state index contributed by atoms with van der Waals surface area (Å²) >= 11 is 0. The van der Waals surface area contributed by atoms with Gasteiger partial charge in [0.1, 0.15) is 17.2 Å². The molecule has 2 heterocycles. The molecule has 4 rings (SSSR count). The first-order valence-corrected chi connectivity index (χ1v) is 11.8. The van der Waals surface area contributed by atoms with Crippen LogP contribution in [0.15, 0.2) is 73.3 Å². The molecule has 2 aromatic heterocycles. The van der Waals surface area contributed by atoms with Gasteiger partial charge in [-0.15, -0.1) is 0 Å². The number of ether oxygens (including phenoxy) is 1. The molecule has 0 aliphatic heterocycles. The van der Waals surface area contributed by atoms with E-state index in [1.54, 1.807) is 66.3 Å². The zero-order valence-corrected chi connectivity index (χ0v) is 21.4. The van der Waals surface area contributed by atoms with E-state index in [1.807, 2.05) is 13.1 Å². The molecule has 0 aliphatic carbocycles. The lowest BCUT2D eigenvalue weighted by molar-refractivity contribution is -0.111. The maximum absolute atomic E-state index is 12.7. The Kier molecular flexibility index (Phi) is 8.18. The quantitative estimate of drug-likeness (QED) is 0.266. The highest BCUT2D eigenvalue weighted by Crippen LogP contribution is 2.25. The van der Waals surface area contributed by atoms with Crippen LogP contribution in [-0.4, -0.2) is 39.4 Å². The monoisotopic (exact) mass is 523 g/mol. The molecule has 0 radical (unpaired) electrons. The van der Waals surface area contributed by atoms with Crippen molar-refractivity contribution < 1.29 is 19.1 Å². The molecule has 11 nitrogen and oxygen atoms in total. The number of carbonyl (C=O) groups is 3. The molecule has 0 atom stereocenters. The summed E-state index contributed by atoms with van der Waals surface area (Å²) in [6, 6.07) is 14.5. The summed E-state index contributed by atoms with van der Waals surface area (Å²) in [7, 11) is 1.52. The molecule has 0 saturated heterocycles. The number of urea groups is 1. The number of benzene rings is 2. The SMILES string of the molecule is CC#CC(=O)Nc1cc(NC(=O)Nc2ccc(Oc3ccnc(C(=O)NC)c3)cc2)cc(-n2cnc(C)c2)c1. The zero-order valence-electron chi connectivity index (χ0n) is 21.4. The van der Waals surface area contributed by atoms with Crippen LogP contribution in [0.25, 0.3) is 5.69 Å². The molecule has 0 spiro atoms. The Bertz CT molecular complexity index is 1580. The Balaban J connectivity index is 1.45. The van der Waals surface area contributed by atoms with Crippen LogP contribution in [0, 0.1) is 18.8 Å². The molecule has 0 bridgehead atoms. The van der Waals surface area contributed by atoms with E-state index in [2.05, 4.69) is 43.1 Å². The minimum absolute atomic E-state index is 0.234. The minimum atomic E-state index is -0.488. The van der Waals surface area contributed by atoms with E-state index in [1.165, 1.54) is 19.3 Å². The molecule has 39 heavy (non-hydrogen) atoms. The molecule has 4 amide bonds. The normalized spacial score (nSPS) is 10.0. The zero-order chi connectivity index (χ0) is 27.8. The van der Waals surface area contributed by atoms with Crippen molar-refractivity contribution in [1.82, 2.24) is 19.9 Å². The number of nitrogens with zero attached hydrogens (tertiary/aromatic N) is 3. The van der Waals surface area contributed by atoms with Gasteiger partial charge in [-0.2, -0.15) is 0 Å². The van der Waals surface area contributed by atoms with Crippen molar-refractivity contribution in [3.05, 3.63) is 84.7 Å². The van der Waals surface area contributed by atoms with E-state index in [0.29, 0.717) is 34.2 Å². The summed E-state index contributed by atoms with van der Waals surface area (Å²) in [5.41, 5.74) is 3.16. The minimum Gasteiger partial charge on any atom is -0.457 e. The largest absolute Gasteiger partial charge is 0.457 e. The molecule has 0 saturated carbocycles.